The molecule has 13 N–H and O–H groups in total. The van der Waals surface area contributed by atoms with Gasteiger partial charge in [0.25, 0.3) is 22.9 Å². The van der Waals surface area contributed by atoms with Crippen LogP contribution in [-0.2, 0) is 72.0 Å². The van der Waals surface area contributed by atoms with E-state index in [0.717, 1.165) is 26.7 Å². The first kappa shape index (κ1) is 59.8. The molecule has 9 rings (SSSR count). The van der Waals surface area contributed by atoms with Crippen molar-refractivity contribution in [3.63, 3.8) is 0 Å². The van der Waals surface area contributed by atoms with Gasteiger partial charge in [0.1, 0.15) is 55.3 Å². The third-order valence-electron chi connectivity index (χ3n) is 13.5. The molecule has 37 heteroatoms. The van der Waals surface area contributed by atoms with E-state index in [9.17, 15) is 62.4 Å². The number of nitrogens with two attached hydrogens (primary N) is 2. The number of nitrogen functional groups attached to an aromatic ring is 2. The van der Waals surface area contributed by atoms with Crippen LogP contribution in [0.1, 0.15) is 64.5 Å². The number of aromatic amines is 2. The average Bonchev–Trinajstić information content (AvgIpc) is 3.74. The summed E-state index contributed by atoms with van der Waals surface area (Å²) in [6.07, 6.45) is -7.19. The molecule has 12 atom stereocenters. The summed E-state index contributed by atoms with van der Waals surface area (Å²) in [4.78, 5) is 146. The van der Waals surface area contributed by atoms with E-state index in [2.05, 4.69) is 51.2 Å². The summed E-state index contributed by atoms with van der Waals surface area (Å²) in [6, 6.07) is 2.24. The standard InChI is InChI=1S/C46H57N15O20P2/c1-20(2)29(53-26(62)7-5-4-6-14-59-27(63)12-13-28(59)64)39(67)51-21(3)38(66)52-23-10-8-22(9-11-23)15-75-46(70)54-30-34-24(78-42(30)60-18-49-31-36(60)55-44(47)57-40(31)68)16-76-83(73,74)81-35-25(17-77-82(71,72)80-34)79-43(33(35)65)61-19-50-32-37(61)56-45(48)58-41(32)69/h8-13,18-21,24-25,29-30,33-35,42-43,65H,4-7,14-17H2,1-3H3,(H,51,67)(H,52,66)(H,53,62)(H,54,70)(H,71,72)(H,73,74)(H3,47,55,57,68)(H3,48,56,58,69)/t21-,24?,25?,29?,30?,33?,34?,35?,42?,43?/m0/s1. The number of carbonyl (C=O) groups excluding carboxylic acids is 6. The Morgan fingerprint density at radius 2 is 1.33 bits per heavy atom. The highest BCUT2D eigenvalue weighted by Gasteiger charge is 2.55. The third-order valence-corrected chi connectivity index (χ3v) is 15.5. The quantitative estimate of drug-likeness (QED) is 0.0301. The predicted octanol–water partition coefficient (Wildman–Crippen LogP) is -1.04. The Kier molecular flexibility index (Phi) is 17.7. The zero-order chi connectivity index (χ0) is 59.7. The monoisotopic (exact) mass is 1200 g/mol. The normalized spacial score (nSPS) is 27.1. The van der Waals surface area contributed by atoms with Gasteiger partial charge in [-0.15, -0.1) is 0 Å². The van der Waals surface area contributed by atoms with Crippen LogP contribution in [0.15, 0.2) is 58.7 Å². The van der Waals surface area contributed by atoms with E-state index in [1.807, 2.05) is 0 Å². The van der Waals surface area contributed by atoms with E-state index < -0.39 is 132 Å². The highest BCUT2D eigenvalue weighted by molar-refractivity contribution is 7.47. The number of anilines is 3. The van der Waals surface area contributed by atoms with Crippen molar-refractivity contribution in [3.8, 4) is 0 Å². The lowest BCUT2D eigenvalue weighted by Crippen LogP contribution is -2.53. The number of nitrogens with one attached hydrogen (secondary N) is 6. The van der Waals surface area contributed by atoms with E-state index >= 15 is 0 Å². The van der Waals surface area contributed by atoms with Crippen molar-refractivity contribution in [2.45, 2.75) is 114 Å². The van der Waals surface area contributed by atoms with E-state index in [0.29, 0.717) is 24.8 Å². The number of benzene rings is 1. The summed E-state index contributed by atoms with van der Waals surface area (Å²) in [7, 11) is -10.7. The summed E-state index contributed by atoms with van der Waals surface area (Å²) in [5.41, 5.74) is 9.82. The van der Waals surface area contributed by atoms with Crippen LogP contribution in [0, 0.1) is 5.92 Å². The molecule has 6 amide bonds. The zero-order valence-corrected chi connectivity index (χ0v) is 45.9. The topological polar surface area (TPSA) is 492 Å². The van der Waals surface area contributed by atoms with Crippen LogP contribution >= 0.6 is 15.6 Å². The minimum Gasteiger partial charge on any atom is -0.445 e. The first-order valence-electron chi connectivity index (χ1n) is 25.6. The Morgan fingerprint density at radius 3 is 1.92 bits per heavy atom. The number of imidazole rings is 2. The molecule has 0 aliphatic carbocycles. The summed E-state index contributed by atoms with van der Waals surface area (Å²) >= 11 is 0. The van der Waals surface area contributed by atoms with Crippen LogP contribution < -0.4 is 43.9 Å². The fourth-order valence-electron chi connectivity index (χ4n) is 9.36. The highest BCUT2D eigenvalue weighted by atomic mass is 31.2. The Morgan fingerprint density at radius 1 is 0.771 bits per heavy atom. The predicted molar refractivity (Wildman–Crippen MR) is 281 cm³/mol. The van der Waals surface area contributed by atoms with Gasteiger partial charge < -0.3 is 61.8 Å². The summed E-state index contributed by atoms with van der Waals surface area (Å²) < 4.78 is 69.0. The molecule has 1 aromatic carbocycles. The molecule has 11 unspecified atom stereocenters. The molecule has 0 bridgehead atoms. The number of imide groups is 1. The Labute approximate surface area is 467 Å². The largest absolute Gasteiger partial charge is 0.472 e. The van der Waals surface area contributed by atoms with E-state index in [-0.39, 0.29) is 70.6 Å². The van der Waals surface area contributed by atoms with Gasteiger partial charge in [0.2, 0.25) is 29.6 Å². The maximum Gasteiger partial charge on any atom is 0.472 e. The van der Waals surface area contributed by atoms with Gasteiger partial charge in [-0.1, -0.05) is 32.4 Å². The molecule has 0 saturated carbocycles. The average molecular weight is 1200 g/mol. The Balaban J connectivity index is 0.835. The number of unbranched alkanes of at least 4 members (excludes halogenated alkanes) is 2. The number of amides is 6. The molecule has 446 valence electrons. The second kappa shape index (κ2) is 24.6. The molecule has 0 radical (unpaired) electrons. The number of ether oxygens (including phenoxy) is 3. The fraction of sp³-hybridized carbons (Fsp3) is 0.478. The third kappa shape index (κ3) is 13.7. The summed E-state index contributed by atoms with van der Waals surface area (Å²) in [5, 5.41) is 21.9. The van der Waals surface area contributed by atoms with Gasteiger partial charge in [-0.3, -0.25) is 75.7 Å². The number of aliphatic hydroxyl groups excluding tert-OH is 1. The minimum absolute atomic E-state index is 0.0889. The van der Waals surface area contributed by atoms with Crippen LogP contribution in [0.5, 0.6) is 0 Å². The number of phosphoric ester groups is 2. The molecule has 0 spiro atoms. The molecule has 5 aromatic rings. The molecule has 35 nitrogen and oxygen atoms in total. The van der Waals surface area contributed by atoms with Gasteiger partial charge in [0, 0.05) is 30.8 Å². The van der Waals surface area contributed by atoms with Crippen molar-refractivity contribution < 1.29 is 85.1 Å². The zero-order valence-electron chi connectivity index (χ0n) is 44.1. The number of H-pyrrole nitrogens is 2. The number of fused-ring (bicyclic) bond motifs is 4. The van der Waals surface area contributed by atoms with Crippen molar-refractivity contribution in [3.05, 3.63) is 75.3 Å². The maximum atomic E-state index is 13.9. The van der Waals surface area contributed by atoms with Crippen LogP contribution in [0.4, 0.5) is 22.4 Å². The fourth-order valence-corrected chi connectivity index (χ4v) is 11.3. The van der Waals surface area contributed by atoms with Crippen molar-refractivity contribution >= 4 is 91.2 Å². The van der Waals surface area contributed by atoms with Crippen molar-refractivity contribution in [2.75, 3.05) is 36.5 Å². The second-order valence-electron chi connectivity index (χ2n) is 19.8. The van der Waals surface area contributed by atoms with Crippen molar-refractivity contribution in [1.82, 2.24) is 59.9 Å². The second-order valence-corrected chi connectivity index (χ2v) is 22.6. The molecule has 4 aromatic heterocycles. The molecule has 4 aliphatic rings. The van der Waals surface area contributed by atoms with E-state index in [1.54, 1.807) is 13.8 Å². The van der Waals surface area contributed by atoms with Gasteiger partial charge in [-0.2, -0.15) is 9.97 Å². The van der Waals surface area contributed by atoms with Gasteiger partial charge in [0.05, 0.1) is 25.9 Å². The number of hydrogen-bond acceptors (Lipinski definition) is 24. The first-order chi connectivity index (χ1) is 39.3. The number of aromatic nitrogens is 8. The number of carbonyl (C=O) groups is 6. The molecule has 8 heterocycles. The van der Waals surface area contributed by atoms with Gasteiger partial charge in [0.15, 0.2) is 34.8 Å². The van der Waals surface area contributed by atoms with Gasteiger partial charge >= 0.3 is 21.7 Å². The number of phosphoric acid groups is 2. The first-order valence-corrected chi connectivity index (χ1v) is 28.6. The van der Waals surface area contributed by atoms with Crippen molar-refractivity contribution in [2.24, 2.45) is 5.92 Å². The number of alkyl carbamates (subject to hydrolysis) is 1. The lowest BCUT2D eigenvalue weighted by Gasteiger charge is -2.29. The van der Waals surface area contributed by atoms with Crippen LogP contribution in [0.25, 0.3) is 22.3 Å². The molecule has 83 heavy (non-hydrogen) atoms. The number of nitrogens with zero attached hydrogens (tertiary/aromatic N) is 7. The lowest BCUT2D eigenvalue weighted by atomic mass is 10.0. The van der Waals surface area contributed by atoms with Gasteiger partial charge in [-0.25, -0.2) is 23.9 Å². The number of hydrogen-bond donors (Lipinski definition) is 11. The maximum absolute atomic E-state index is 13.9. The summed E-state index contributed by atoms with van der Waals surface area (Å²) in [5.74, 6) is -3.41. The molecular weight excluding hydrogens is 1140 g/mol. The number of rotatable bonds is 17. The molecular formula is C46H57N15O20P2. The molecule has 3 saturated heterocycles. The SMILES string of the molecule is CC(C)C(NC(=O)CCCCCN1C(=O)C=CC1=O)C(=O)N[C@@H](C)C(=O)Nc1ccc(COC(=O)NC2C3OP(=O)(O)OCC4OC(n5cnc6c(=O)[nH]c(N)nc65)C(O)C4OP(=O)(O)OCC3OC2n2cnc3c(=O)[nH]c(N)nc32)cc1. The lowest BCUT2D eigenvalue weighted by molar-refractivity contribution is -0.137. The molecule has 3 fully saturated rings. The highest BCUT2D eigenvalue weighted by Crippen LogP contribution is 2.54. The number of aliphatic hydroxyl groups is 1. The van der Waals surface area contributed by atoms with E-state index in [4.69, 9.17) is 43.8 Å². The smallest absolute Gasteiger partial charge is 0.445 e. The van der Waals surface area contributed by atoms with Crippen LogP contribution in [0.3, 0.4) is 0 Å². The van der Waals surface area contributed by atoms with Gasteiger partial charge in [-0.05, 0) is 43.4 Å². The van der Waals surface area contributed by atoms with Crippen molar-refractivity contribution in [1.29, 1.82) is 0 Å². The molecule has 4 aliphatic heterocycles. The van der Waals surface area contributed by atoms with Crippen LogP contribution in [0.2, 0.25) is 0 Å². The van der Waals surface area contributed by atoms with E-state index in [1.165, 1.54) is 43.3 Å². The van der Waals surface area contributed by atoms with Crippen LogP contribution in [-0.4, -0.2) is 163 Å². The Hall–Kier alpha value is -7.82. The summed E-state index contributed by atoms with van der Waals surface area (Å²) in [6.45, 7) is 2.72. The Bertz CT molecular complexity index is 3560. The minimum atomic E-state index is -5.37.